The number of hydrogen-bond acceptors (Lipinski definition) is 4. The second-order valence-corrected chi connectivity index (χ2v) is 8.99. The zero-order valence-electron chi connectivity index (χ0n) is 20.4. The molecular weight excluding hydrogens is 466 g/mol. The lowest BCUT2D eigenvalue weighted by Crippen LogP contribution is -2.42. The zero-order chi connectivity index (χ0) is 25.8. The van der Waals surface area contributed by atoms with Crippen LogP contribution in [-0.4, -0.2) is 36.9 Å². The molecule has 6 heteroatoms. The van der Waals surface area contributed by atoms with Crippen molar-refractivity contribution in [3.05, 3.63) is 114 Å². The normalized spacial score (nSPS) is 12.8. The van der Waals surface area contributed by atoms with Crippen molar-refractivity contribution in [2.24, 2.45) is 0 Å². The van der Waals surface area contributed by atoms with E-state index in [1.165, 1.54) is 0 Å². The van der Waals surface area contributed by atoms with Crippen LogP contribution in [0.4, 0.5) is 4.79 Å². The van der Waals surface area contributed by atoms with Gasteiger partial charge in [0.05, 0.1) is 7.11 Å². The summed E-state index contributed by atoms with van der Waals surface area (Å²) in [6.07, 6.45) is -0.621. The summed E-state index contributed by atoms with van der Waals surface area (Å²) in [4.78, 5) is 24.6. The Labute approximate surface area is 215 Å². The van der Waals surface area contributed by atoms with Gasteiger partial charge >= 0.3 is 12.1 Å². The van der Waals surface area contributed by atoms with Crippen LogP contribution >= 0.6 is 0 Å². The van der Waals surface area contributed by atoms with Gasteiger partial charge in [0.2, 0.25) is 0 Å². The summed E-state index contributed by atoms with van der Waals surface area (Å²) in [5.41, 5.74) is 7.19. The predicted molar refractivity (Wildman–Crippen MR) is 142 cm³/mol. The largest absolute Gasteiger partial charge is 0.497 e. The number of hydrogen-bond donors (Lipinski definition) is 2. The third-order valence-electron chi connectivity index (χ3n) is 6.72. The highest BCUT2D eigenvalue weighted by molar-refractivity contribution is 5.81. The monoisotopic (exact) mass is 493 g/mol. The summed E-state index contributed by atoms with van der Waals surface area (Å²) < 4.78 is 10.8. The van der Waals surface area contributed by atoms with Gasteiger partial charge in [-0.25, -0.2) is 9.59 Å². The Hall–Kier alpha value is -4.58. The van der Waals surface area contributed by atoms with Crippen LogP contribution in [0.1, 0.15) is 22.6 Å². The third kappa shape index (κ3) is 5.19. The molecule has 6 nitrogen and oxygen atoms in total. The van der Waals surface area contributed by atoms with Gasteiger partial charge in [-0.2, -0.15) is 0 Å². The molecule has 0 saturated heterocycles. The van der Waals surface area contributed by atoms with Gasteiger partial charge in [0.25, 0.3) is 0 Å². The van der Waals surface area contributed by atoms with Gasteiger partial charge in [-0.1, -0.05) is 84.9 Å². The molecule has 1 atom stereocenters. The topological polar surface area (TPSA) is 84.9 Å². The zero-order valence-corrected chi connectivity index (χ0v) is 20.4. The van der Waals surface area contributed by atoms with Crippen molar-refractivity contribution < 1.29 is 24.2 Å². The SMILES string of the molecule is COc1ccc(-c2cccc(CC(NC(=O)OCC3c4ccccc4-c4ccccc43)C(=O)O)c2)cc1. The van der Waals surface area contributed by atoms with E-state index in [9.17, 15) is 14.7 Å². The van der Waals surface area contributed by atoms with Crippen molar-refractivity contribution in [3.63, 3.8) is 0 Å². The van der Waals surface area contributed by atoms with E-state index >= 15 is 0 Å². The molecule has 1 aliphatic rings. The van der Waals surface area contributed by atoms with Crippen LogP contribution in [0.25, 0.3) is 22.3 Å². The summed E-state index contributed by atoms with van der Waals surface area (Å²) in [6, 6.07) is 30.3. The Balaban J connectivity index is 1.25. The van der Waals surface area contributed by atoms with E-state index in [0.717, 1.165) is 44.7 Å². The molecule has 0 spiro atoms. The fraction of sp³-hybridized carbons (Fsp3) is 0.161. The highest BCUT2D eigenvalue weighted by atomic mass is 16.5. The van der Waals surface area contributed by atoms with Crippen LogP contribution < -0.4 is 10.1 Å². The highest BCUT2D eigenvalue weighted by Gasteiger charge is 2.29. The number of fused-ring (bicyclic) bond motifs is 3. The van der Waals surface area contributed by atoms with Crippen LogP contribution in [0.5, 0.6) is 5.75 Å². The average molecular weight is 494 g/mol. The fourth-order valence-electron chi connectivity index (χ4n) is 4.88. The van der Waals surface area contributed by atoms with Gasteiger partial charge in [0, 0.05) is 12.3 Å². The molecule has 0 saturated carbocycles. The number of carbonyl (C=O) groups excluding carboxylic acids is 1. The second kappa shape index (κ2) is 10.6. The molecule has 1 unspecified atom stereocenters. The molecule has 0 aromatic heterocycles. The summed E-state index contributed by atoms with van der Waals surface area (Å²) >= 11 is 0. The van der Waals surface area contributed by atoms with Gasteiger partial charge in [-0.05, 0) is 51.1 Å². The van der Waals surface area contributed by atoms with Gasteiger partial charge in [-0.15, -0.1) is 0 Å². The quantitative estimate of drug-likeness (QED) is 0.319. The molecule has 0 heterocycles. The lowest BCUT2D eigenvalue weighted by atomic mass is 9.98. The number of carboxylic acids is 1. The fourth-order valence-corrected chi connectivity index (χ4v) is 4.88. The van der Waals surface area contributed by atoms with E-state index in [1.54, 1.807) is 7.11 Å². The minimum atomic E-state index is -1.12. The van der Waals surface area contributed by atoms with Gasteiger partial charge in [0.1, 0.15) is 18.4 Å². The molecule has 37 heavy (non-hydrogen) atoms. The number of rotatable bonds is 8. The van der Waals surface area contributed by atoms with Crippen molar-refractivity contribution in [2.75, 3.05) is 13.7 Å². The first-order valence-corrected chi connectivity index (χ1v) is 12.1. The summed E-state index contributed by atoms with van der Waals surface area (Å²) in [5.74, 6) is -0.455. The first kappa shape index (κ1) is 24.1. The number of carboxylic acid groups (broad SMARTS) is 1. The van der Waals surface area contributed by atoms with Crippen molar-refractivity contribution in [3.8, 4) is 28.0 Å². The van der Waals surface area contributed by atoms with E-state index in [1.807, 2.05) is 84.9 Å². The number of nitrogens with one attached hydrogen (secondary N) is 1. The van der Waals surface area contributed by atoms with Crippen molar-refractivity contribution >= 4 is 12.1 Å². The van der Waals surface area contributed by atoms with Gasteiger partial charge in [0.15, 0.2) is 0 Å². The molecule has 1 aliphatic carbocycles. The molecule has 4 aromatic carbocycles. The lowest BCUT2D eigenvalue weighted by Gasteiger charge is -2.18. The minimum absolute atomic E-state index is 0.0948. The number of benzene rings is 4. The van der Waals surface area contributed by atoms with E-state index in [2.05, 4.69) is 17.4 Å². The first-order chi connectivity index (χ1) is 18.0. The van der Waals surface area contributed by atoms with Gasteiger partial charge < -0.3 is 19.9 Å². The molecule has 0 bridgehead atoms. The van der Waals surface area contributed by atoms with E-state index in [0.29, 0.717) is 0 Å². The van der Waals surface area contributed by atoms with Gasteiger partial charge in [-0.3, -0.25) is 0 Å². The number of aliphatic carboxylic acids is 1. The van der Waals surface area contributed by atoms with Crippen LogP contribution in [0.15, 0.2) is 97.1 Å². The molecule has 0 fully saturated rings. The number of carbonyl (C=O) groups is 2. The molecule has 5 rings (SSSR count). The smallest absolute Gasteiger partial charge is 0.407 e. The number of ether oxygens (including phenoxy) is 2. The molecular formula is C31H27NO5. The summed E-state index contributed by atoms with van der Waals surface area (Å²) in [6.45, 7) is 0.124. The standard InChI is InChI=1S/C31H27NO5/c1-36-23-15-13-21(14-16-23)22-8-6-7-20(17-22)18-29(30(33)34)32-31(35)37-19-28-26-11-4-2-9-24(26)25-10-3-5-12-27(25)28/h2-17,28-29H,18-19H2,1H3,(H,32,35)(H,33,34). The molecule has 186 valence electrons. The second-order valence-electron chi connectivity index (χ2n) is 8.99. The Kier molecular flexibility index (Phi) is 6.90. The number of alkyl carbamates (subject to hydrolysis) is 1. The maximum Gasteiger partial charge on any atom is 0.407 e. The Bertz CT molecular complexity index is 1380. The van der Waals surface area contributed by atoms with E-state index in [4.69, 9.17) is 9.47 Å². The maximum absolute atomic E-state index is 12.7. The molecule has 0 aliphatic heterocycles. The molecule has 0 radical (unpaired) electrons. The number of amides is 1. The molecule has 4 aromatic rings. The van der Waals surface area contributed by atoms with E-state index in [-0.39, 0.29) is 18.9 Å². The van der Waals surface area contributed by atoms with Crippen molar-refractivity contribution in [1.82, 2.24) is 5.32 Å². The summed E-state index contributed by atoms with van der Waals surface area (Å²) in [7, 11) is 1.62. The maximum atomic E-state index is 12.7. The highest BCUT2D eigenvalue weighted by Crippen LogP contribution is 2.44. The first-order valence-electron chi connectivity index (χ1n) is 12.1. The van der Waals surface area contributed by atoms with Crippen LogP contribution in [0, 0.1) is 0 Å². The lowest BCUT2D eigenvalue weighted by molar-refractivity contribution is -0.139. The molecule has 2 N–H and O–H groups in total. The Morgan fingerprint density at radius 1 is 0.838 bits per heavy atom. The average Bonchev–Trinajstić information content (AvgIpc) is 3.25. The van der Waals surface area contributed by atoms with Crippen LogP contribution in [0.2, 0.25) is 0 Å². The predicted octanol–water partition coefficient (Wildman–Crippen LogP) is 5.90. The van der Waals surface area contributed by atoms with Crippen LogP contribution in [-0.2, 0) is 16.0 Å². The van der Waals surface area contributed by atoms with Crippen molar-refractivity contribution in [2.45, 2.75) is 18.4 Å². The van der Waals surface area contributed by atoms with Crippen LogP contribution in [0.3, 0.4) is 0 Å². The Morgan fingerprint density at radius 2 is 1.49 bits per heavy atom. The molecule has 1 amide bonds. The Morgan fingerprint density at radius 3 is 2.11 bits per heavy atom. The van der Waals surface area contributed by atoms with E-state index < -0.39 is 18.1 Å². The number of methoxy groups -OCH3 is 1. The minimum Gasteiger partial charge on any atom is -0.497 e. The third-order valence-corrected chi connectivity index (χ3v) is 6.72. The van der Waals surface area contributed by atoms with Crippen molar-refractivity contribution in [1.29, 1.82) is 0 Å². The summed E-state index contributed by atoms with van der Waals surface area (Å²) in [5, 5.41) is 12.3.